The topological polar surface area (TPSA) is 124 Å². The van der Waals surface area contributed by atoms with Gasteiger partial charge in [0.1, 0.15) is 6.04 Å². The molecule has 0 fully saturated rings. The number of carbonyl (C=O) groups is 2. The Morgan fingerprint density at radius 3 is 2.13 bits per heavy atom. The Morgan fingerprint density at radius 2 is 1.61 bits per heavy atom. The van der Waals surface area contributed by atoms with E-state index in [1.54, 1.807) is 0 Å². The van der Waals surface area contributed by atoms with Crippen LogP contribution in [0.5, 0.6) is 0 Å². The van der Waals surface area contributed by atoms with Gasteiger partial charge in [0.25, 0.3) is 0 Å². The summed E-state index contributed by atoms with van der Waals surface area (Å²) in [5.41, 5.74) is 5.38. The number of carboxylic acids is 1. The van der Waals surface area contributed by atoms with Gasteiger partial charge in [0.05, 0.1) is 5.75 Å². The standard InChI is InChI=1S/C13H25NO6S.2Na.2H/c1-2-3-4-5-6-7-10-21(18,19)20-13(17)11(14)8-9-12(15)16;;;;/h11H,2-10,14H2,1H3,(H,15,16);;;;. The first-order chi connectivity index (χ1) is 9.78. The molecule has 0 aliphatic rings. The monoisotopic (exact) mass is 371 g/mol. The van der Waals surface area contributed by atoms with E-state index in [0.29, 0.717) is 6.42 Å². The van der Waals surface area contributed by atoms with E-state index in [1.165, 1.54) is 0 Å². The summed E-state index contributed by atoms with van der Waals surface area (Å²) >= 11 is 0. The number of carbonyl (C=O) groups excluding carboxylic acids is 1. The molecule has 0 aliphatic carbocycles. The number of hydrogen-bond acceptors (Lipinski definition) is 6. The quantitative estimate of drug-likeness (QED) is 0.283. The molecule has 0 amide bonds. The Kier molecular flexibility index (Phi) is 20.3. The van der Waals surface area contributed by atoms with Crippen molar-refractivity contribution in [1.82, 2.24) is 0 Å². The van der Waals surface area contributed by atoms with Crippen LogP contribution < -0.4 is 5.73 Å². The molecule has 0 saturated carbocycles. The third-order valence-electron chi connectivity index (χ3n) is 2.93. The molecule has 10 heteroatoms. The van der Waals surface area contributed by atoms with Crippen LogP contribution in [0.15, 0.2) is 0 Å². The van der Waals surface area contributed by atoms with Crippen molar-refractivity contribution < 1.29 is 27.3 Å². The summed E-state index contributed by atoms with van der Waals surface area (Å²) in [6.45, 7) is 2.09. The second kappa shape index (κ2) is 16.3. The molecule has 3 N–H and O–H groups in total. The van der Waals surface area contributed by atoms with Crippen molar-refractivity contribution in [3.05, 3.63) is 0 Å². The van der Waals surface area contributed by atoms with E-state index in [1.807, 2.05) is 0 Å². The van der Waals surface area contributed by atoms with E-state index in [9.17, 15) is 18.0 Å². The van der Waals surface area contributed by atoms with Gasteiger partial charge >= 0.3 is 81.2 Å². The van der Waals surface area contributed by atoms with Gasteiger partial charge in [0, 0.05) is 6.42 Å². The molecule has 23 heavy (non-hydrogen) atoms. The summed E-state index contributed by atoms with van der Waals surface area (Å²) in [6, 6.07) is -1.24. The summed E-state index contributed by atoms with van der Waals surface area (Å²) in [5.74, 6) is -2.42. The molecule has 0 aromatic heterocycles. The maximum absolute atomic E-state index is 11.6. The molecule has 7 nitrogen and oxygen atoms in total. The van der Waals surface area contributed by atoms with Crippen molar-refractivity contribution in [2.75, 3.05) is 5.75 Å². The van der Waals surface area contributed by atoms with Crippen LogP contribution in [0.1, 0.15) is 58.3 Å². The van der Waals surface area contributed by atoms with Crippen LogP contribution in [0, 0.1) is 0 Å². The molecule has 0 rings (SSSR count). The van der Waals surface area contributed by atoms with Gasteiger partial charge in [-0.05, 0) is 12.8 Å². The van der Waals surface area contributed by atoms with Crippen molar-refractivity contribution in [3.63, 3.8) is 0 Å². The summed E-state index contributed by atoms with van der Waals surface area (Å²) in [4.78, 5) is 21.8. The first-order valence-corrected chi connectivity index (χ1v) is 8.79. The minimum atomic E-state index is -3.93. The van der Waals surface area contributed by atoms with Gasteiger partial charge in [-0.3, -0.25) is 4.79 Å². The van der Waals surface area contributed by atoms with Crippen molar-refractivity contribution in [2.24, 2.45) is 5.73 Å². The first kappa shape index (κ1) is 28.6. The molecular weight excluding hydrogens is 344 g/mol. The second-order valence-electron chi connectivity index (χ2n) is 4.97. The number of aliphatic carboxylic acids is 1. The van der Waals surface area contributed by atoms with Gasteiger partial charge in [0.2, 0.25) is 0 Å². The fourth-order valence-corrected chi connectivity index (χ4v) is 2.70. The molecule has 0 bridgehead atoms. The fourth-order valence-electron chi connectivity index (χ4n) is 1.68. The van der Waals surface area contributed by atoms with Crippen LogP contribution in [-0.4, -0.2) is 96.4 Å². The Labute approximate surface area is 182 Å². The Morgan fingerprint density at radius 1 is 1.09 bits per heavy atom. The SMILES string of the molecule is CCCCCCCCS(=O)(=O)OC(=O)C(N)CCC(=O)O.[NaH].[NaH]. The number of hydrogen-bond donors (Lipinski definition) is 2. The van der Waals surface area contributed by atoms with Gasteiger partial charge in [-0.2, -0.15) is 8.42 Å². The average molecular weight is 371 g/mol. The van der Waals surface area contributed by atoms with Gasteiger partial charge in [0.15, 0.2) is 0 Å². The zero-order valence-electron chi connectivity index (χ0n) is 12.4. The zero-order chi connectivity index (χ0) is 16.3. The van der Waals surface area contributed by atoms with Gasteiger partial charge < -0.3 is 15.0 Å². The van der Waals surface area contributed by atoms with Crippen LogP contribution in [0.4, 0.5) is 0 Å². The summed E-state index contributed by atoms with van der Waals surface area (Å²) in [7, 11) is -3.93. The third-order valence-corrected chi connectivity index (χ3v) is 4.14. The molecule has 0 radical (unpaired) electrons. The zero-order valence-corrected chi connectivity index (χ0v) is 13.2. The van der Waals surface area contributed by atoms with Crippen LogP contribution in [0.2, 0.25) is 0 Å². The van der Waals surface area contributed by atoms with E-state index in [4.69, 9.17) is 10.8 Å². The average Bonchev–Trinajstić information content (AvgIpc) is 2.39. The molecule has 1 atom stereocenters. The van der Waals surface area contributed by atoms with Crippen LogP contribution in [0.25, 0.3) is 0 Å². The molecule has 0 aromatic rings. The molecule has 0 spiro atoms. The van der Waals surface area contributed by atoms with Crippen LogP contribution >= 0.6 is 0 Å². The van der Waals surface area contributed by atoms with E-state index in [-0.39, 0.29) is 77.7 Å². The maximum atomic E-state index is 11.6. The predicted molar refractivity (Wildman–Crippen MR) is 92.4 cm³/mol. The van der Waals surface area contributed by atoms with E-state index >= 15 is 0 Å². The van der Waals surface area contributed by atoms with Gasteiger partial charge in [-0.25, -0.2) is 4.79 Å². The Balaban J connectivity index is -0.00000200. The van der Waals surface area contributed by atoms with Crippen molar-refractivity contribution in [2.45, 2.75) is 64.3 Å². The summed E-state index contributed by atoms with van der Waals surface area (Å²) in [5, 5.41) is 8.46. The fraction of sp³-hybridized carbons (Fsp3) is 0.846. The van der Waals surface area contributed by atoms with Gasteiger partial charge in [-0.15, -0.1) is 0 Å². The van der Waals surface area contributed by atoms with E-state index < -0.39 is 28.1 Å². The molecule has 0 heterocycles. The second-order valence-corrected chi connectivity index (χ2v) is 6.66. The molecular formula is C13H27NNa2O6S. The minimum absolute atomic E-state index is 0. The van der Waals surface area contributed by atoms with Crippen LogP contribution in [-0.2, 0) is 23.9 Å². The third kappa shape index (κ3) is 17.5. The summed E-state index contributed by atoms with van der Waals surface area (Å²) in [6.07, 6.45) is 5.00. The van der Waals surface area contributed by atoms with E-state index in [0.717, 1.165) is 32.1 Å². The van der Waals surface area contributed by atoms with Crippen molar-refractivity contribution >= 4 is 81.2 Å². The predicted octanol–water partition coefficient (Wildman–Crippen LogP) is 0.115. The normalized spacial score (nSPS) is 11.7. The molecule has 0 saturated heterocycles. The number of nitrogens with two attached hydrogens (primary N) is 1. The molecule has 1 unspecified atom stereocenters. The number of rotatable bonds is 12. The molecule has 0 aliphatic heterocycles. The van der Waals surface area contributed by atoms with E-state index in [2.05, 4.69) is 11.1 Å². The number of unbranched alkanes of at least 4 members (excludes halogenated alkanes) is 5. The van der Waals surface area contributed by atoms with Crippen LogP contribution in [0.3, 0.4) is 0 Å². The number of carboxylic acid groups (broad SMARTS) is 1. The molecule has 128 valence electrons. The summed E-state index contributed by atoms with van der Waals surface area (Å²) < 4.78 is 27.5. The Bertz CT molecular complexity index is 430. The Hall–Kier alpha value is 0.850. The molecule has 0 aromatic carbocycles. The van der Waals surface area contributed by atoms with Crippen molar-refractivity contribution in [1.29, 1.82) is 0 Å². The first-order valence-electron chi connectivity index (χ1n) is 7.22. The van der Waals surface area contributed by atoms with Crippen molar-refractivity contribution in [3.8, 4) is 0 Å². The van der Waals surface area contributed by atoms with Gasteiger partial charge in [-0.1, -0.05) is 39.0 Å².